The van der Waals surface area contributed by atoms with Crippen molar-refractivity contribution in [1.29, 1.82) is 0 Å². The molecule has 116 valence electrons. The van der Waals surface area contributed by atoms with Crippen molar-refractivity contribution < 1.29 is 4.74 Å². The third-order valence-electron chi connectivity index (χ3n) is 5.11. The van der Waals surface area contributed by atoms with E-state index in [1.165, 1.54) is 25.7 Å². The summed E-state index contributed by atoms with van der Waals surface area (Å²) in [6.45, 7) is 8.36. The lowest BCUT2D eigenvalue weighted by molar-refractivity contribution is 0.108. The van der Waals surface area contributed by atoms with Crippen LogP contribution in [0.5, 0.6) is 0 Å². The van der Waals surface area contributed by atoms with Gasteiger partial charge in [0.15, 0.2) is 0 Å². The molecule has 2 aliphatic rings. The van der Waals surface area contributed by atoms with E-state index in [1.54, 1.807) is 0 Å². The summed E-state index contributed by atoms with van der Waals surface area (Å²) in [5.41, 5.74) is 2.51. The predicted molar refractivity (Wildman–Crippen MR) is 84.6 cm³/mol. The Labute approximate surface area is 132 Å². The standard InChI is InChI=1S/C17H25ClN2O/c1-17(2,3)12-6-4-11(5-7-12)16-19-14-8-9-21-10-13(14)15(18)20-16/h11-12H,4-10H2,1-3H3. The van der Waals surface area contributed by atoms with Gasteiger partial charge in [0.2, 0.25) is 0 Å². The van der Waals surface area contributed by atoms with Gasteiger partial charge in [0.25, 0.3) is 0 Å². The van der Waals surface area contributed by atoms with Crippen molar-refractivity contribution in [3.05, 3.63) is 22.2 Å². The first kappa shape index (κ1) is 15.2. The van der Waals surface area contributed by atoms with Crippen molar-refractivity contribution in [3.8, 4) is 0 Å². The maximum atomic E-state index is 6.34. The second-order valence-electron chi connectivity index (χ2n) is 7.52. The van der Waals surface area contributed by atoms with E-state index in [4.69, 9.17) is 21.3 Å². The molecule has 2 heterocycles. The molecule has 0 atom stereocenters. The van der Waals surface area contributed by atoms with Crippen LogP contribution in [-0.4, -0.2) is 16.6 Å². The molecule has 0 spiro atoms. The van der Waals surface area contributed by atoms with Crippen LogP contribution in [0.4, 0.5) is 0 Å². The first-order valence-electron chi connectivity index (χ1n) is 8.08. The number of fused-ring (bicyclic) bond motifs is 1. The number of hydrogen-bond donors (Lipinski definition) is 0. The Kier molecular flexibility index (Phi) is 4.24. The highest BCUT2D eigenvalue weighted by Crippen LogP contribution is 2.42. The Morgan fingerprint density at radius 2 is 1.81 bits per heavy atom. The van der Waals surface area contributed by atoms with Crippen molar-refractivity contribution >= 4 is 11.6 Å². The highest BCUT2D eigenvalue weighted by atomic mass is 35.5. The normalized spacial score (nSPS) is 26.5. The van der Waals surface area contributed by atoms with E-state index in [0.717, 1.165) is 36.0 Å². The summed E-state index contributed by atoms with van der Waals surface area (Å²) in [6, 6.07) is 0. The van der Waals surface area contributed by atoms with Gasteiger partial charge in [0.05, 0.1) is 18.9 Å². The van der Waals surface area contributed by atoms with E-state index >= 15 is 0 Å². The molecular weight excluding hydrogens is 284 g/mol. The van der Waals surface area contributed by atoms with Gasteiger partial charge in [-0.2, -0.15) is 0 Å². The van der Waals surface area contributed by atoms with Crippen molar-refractivity contribution in [1.82, 2.24) is 9.97 Å². The maximum Gasteiger partial charge on any atom is 0.138 e. The van der Waals surface area contributed by atoms with Crippen LogP contribution in [0.15, 0.2) is 0 Å². The third-order valence-corrected chi connectivity index (χ3v) is 5.42. The summed E-state index contributed by atoms with van der Waals surface area (Å²) in [5.74, 6) is 2.26. The van der Waals surface area contributed by atoms with Gasteiger partial charge in [0, 0.05) is 17.9 Å². The molecule has 0 amide bonds. The molecule has 1 aromatic heterocycles. The summed E-state index contributed by atoms with van der Waals surface area (Å²) < 4.78 is 5.45. The number of halogens is 1. The van der Waals surface area contributed by atoms with E-state index in [1.807, 2.05) is 0 Å². The molecule has 4 heteroatoms. The number of hydrogen-bond acceptors (Lipinski definition) is 3. The lowest BCUT2D eigenvalue weighted by Gasteiger charge is -2.36. The average molecular weight is 309 g/mol. The molecule has 1 fully saturated rings. The summed E-state index contributed by atoms with van der Waals surface area (Å²) in [7, 11) is 0. The minimum atomic E-state index is 0.413. The molecule has 1 saturated carbocycles. The number of ether oxygens (including phenoxy) is 1. The zero-order chi connectivity index (χ0) is 15.0. The monoisotopic (exact) mass is 308 g/mol. The number of nitrogens with zero attached hydrogens (tertiary/aromatic N) is 2. The van der Waals surface area contributed by atoms with E-state index in [9.17, 15) is 0 Å². The molecule has 3 nitrogen and oxygen atoms in total. The Balaban J connectivity index is 1.75. The van der Waals surface area contributed by atoms with Gasteiger partial charge in [0.1, 0.15) is 11.0 Å². The first-order chi connectivity index (χ1) is 9.95. The second kappa shape index (κ2) is 5.85. The molecule has 0 radical (unpaired) electrons. The minimum Gasteiger partial charge on any atom is -0.376 e. The molecule has 0 saturated heterocycles. The molecular formula is C17H25ClN2O. The van der Waals surface area contributed by atoms with Gasteiger partial charge in [-0.15, -0.1) is 0 Å². The quantitative estimate of drug-likeness (QED) is 0.715. The van der Waals surface area contributed by atoms with Crippen molar-refractivity contribution in [3.63, 3.8) is 0 Å². The second-order valence-corrected chi connectivity index (χ2v) is 7.87. The first-order valence-corrected chi connectivity index (χ1v) is 8.46. The number of aromatic nitrogens is 2. The Morgan fingerprint density at radius 1 is 1.10 bits per heavy atom. The van der Waals surface area contributed by atoms with Gasteiger partial charge >= 0.3 is 0 Å². The van der Waals surface area contributed by atoms with Crippen molar-refractivity contribution in [2.24, 2.45) is 11.3 Å². The summed E-state index contributed by atoms with van der Waals surface area (Å²) in [6.07, 6.45) is 5.79. The highest BCUT2D eigenvalue weighted by molar-refractivity contribution is 6.30. The van der Waals surface area contributed by atoms with Crippen LogP contribution in [0.25, 0.3) is 0 Å². The van der Waals surface area contributed by atoms with Crippen LogP contribution < -0.4 is 0 Å². The van der Waals surface area contributed by atoms with Gasteiger partial charge in [-0.3, -0.25) is 0 Å². The van der Waals surface area contributed by atoms with E-state index < -0.39 is 0 Å². The Morgan fingerprint density at radius 3 is 2.48 bits per heavy atom. The third kappa shape index (κ3) is 3.24. The molecule has 21 heavy (non-hydrogen) atoms. The molecule has 1 aliphatic heterocycles. The van der Waals surface area contributed by atoms with Gasteiger partial charge in [-0.1, -0.05) is 32.4 Å². The van der Waals surface area contributed by atoms with Crippen molar-refractivity contribution in [2.45, 2.75) is 65.4 Å². The van der Waals surface area contributed by atoms with Gasteiger partial charge < -0.3 is 4.74 Å². The fourth-order valence-electron chi connectivity index (χ4n) is 3.61. The van der Waals surface area contributed by atoms with Crippen LogP contribution in [0.1, 0.15) is 69.5 Å². The fourth-order valence-corrected chi connectivity index (χ4v) is 3.86. The fraction of sp³-hybridized carbons (Fsp3) is 0.765. The van der Waals surface area contributed by atoms with E-state index in [-0.39, 0.29) is 0 Å². The summed E-state index contributed by atoms with van der Waals surface area (Å²) in [5, 5.41) is 0.604. The average Bonchev–Trinajstić information content (AvgIpc) is 2.46. The molecule has 0 unspecified atom stereocenters. The zero-order valence-corrected chi connectivity index (χ0v) is 14.0. The SMILES string of the molecule is CC(C)(C)C1CCC(c2nc(Cl)c3c(n2)CCOC3)CC1. The smallest absolute Gasteiger partial charge is 0.138 e. The van der Waals surface area contributed by atoms with Crippen LogP contribution in [-0.2, 0) is 17.8 Å². The molecule has 0 bridgehead atoms. The predicted octanol–water partition coefficient (Wildman–Crippen LogP) is 4.52. The Hall–Kier alpha value is -0.670. The molecule has 3 rings (SSSR count). The number of rotatable bonds is 1. The lowest BCUT2D eigenvalue weighted by atomic mass is 9.69. The topological polar surface area (TPSA) is 35.0 Å². The zero-order valence-electron chi connectivity index (χ0n) is 13.3. The van der Waals surface area contributed by atoms with E-state index in [2.05, 4.69) is 25.8 Å². The summed E-state index contributed by atoms with van der Waals surface area (Å²) in [4.78, 5) is 9.38. The van der Waals surface area contributed by atoms with Gasteiger partial charge in [-0.25, -0.2) is 9.97 Å². The van der Waals surface area contributed by atoms with Crippen LogP contribution >= 0.6 is 11.6 Å². The Bertz CT molecular complexity index is 516. The van der Waals surface area contributed by atoms with Gasteiger partial charge in [-0.05, 0) is 37.0 Å². The largest absolute Gasteiger partial charge is 0.376 e. The minimum absolute atomic E-state index is 0.413. The molecule has 0 aromatic carbocycles. The molecule has 1 aliphatic carbocycles. The molecule has 0 N–H and O–H groups in total. The van der Waals surface area contributed by atoms with Crippen LogP contribution in [0.3, 0.4) is 0 Å². The van der Waals surface area contributed by atoms with Crippen molar-refractivity contribution in [2.75, 3.05) is 6.61 Å². The van der Waals surface area contributed by atoms with E-state index in [0.29, 0.717) is 23.1 Å². The summed E-state index contributed by atoms with van der Waals surface area (Å²) >= 11 is 6.34. The lowest BCUT2D eigenvalue weighted by Crippen LogP contribution is -2.26. The van der Waals surface area contributed by atoms with Crippen LogP contribution in [0.2, 0.25) is 5.15 Å². The van der Waals surface area contributed by atoms with Crippen LogP contribution in [0, 0.1) is 11.3 Å². The maximum absolute atomic E-state index is 6.34. The molecule has 1 aromatic rings. The highest BCUT2D eigenvalue weighted by Gasteiger charge is 2.32.